The zero-order valence-corrected chi connectivity index (χ0v) is 41.1. The third kappa shape index (κ3) is 7.62. The van der Waals surface area contributed by atoms with Crippen molar-refractivity contribution in [2.45, 2.75) is 157 Å². The van der Waals surface area contributed by atoms with Crippen LogP contribution in [-0.2, 0) is 32.5 Å². The molecule has 0 unspecified atom stereocenters. The number of hydrogen-bond acceptors (Lipinski definition) is 4. The van der Waals surface area contributed by atoms with Gasteiger partial charge in [-0.25, -0.2) is 4.98 Å². The van der Waals surface area contributed by atoms with Crippen molar-refractivity contribution in [3.63, 3.8) is 0 Å². The summed E-state index contributed by atoms with van der Waals surface area (Å²) in [6.07, 6.45) is 0. The second kappa shape index (κ2) is 14.2. The number of aromatic nitrogens is 1. The first-order valence-electron chi connectivity index (χ1n) is 22.8. The first kappa shape index (κ1) is 43.6. The van der Waals surface area contributed by atoms with Crippen molar-refractivity contribution in [3.05, 3.63) is 131 Å². The van der Waals surface area contributed by atoms with E-state index in [1.54, 1.807) is 0 Å². The van der Waals surface area contributed by atoms with Crippen molar-refractivity contribution in [3.8, 4) is 11.1 Å². The Bertz CT molecular complexity index is 2680. The van der Waals surface area contributed by atoms with Crippen LogP contribution in [0.15, 0.2) is 101 Å². The maximum atomic E-state index is 7.24. The number of hydrogen-bond donors (Lipinski definition) is 0. The molecule has 0 aliphatic carbocycles. The van der Waals surface area contributed by atoms with Crippen LogP contribution in [-0.4, -0.2) is 11.7 Å². The van der Waals surface area contributed by atoms with Crippen molar-refractivity contribution < 1.29 is 4.42 Å². The fraction of sp³-hybridized carbons (Fsp3) is 0.421. The van der Waals surface area contributed by atoms with Gasteiger partial charge in [0, 0.05) is 33.7 Å². The summed E-state index contributed by atoms with van der Waals surface area (Å²) < 4.78 is 7.24. The Balaban J connectivity index is 1.51. The summed E-state index contributed by atoms with van der Waals surface area (Å²) >= 11 is 0. The van der Waals surface area contributed by atoms with Crippen molar-refractivity contribution >= 4 is 57.6 Å². The van der Waals surface area contributed by atoms with E-state index in [9.17, 15) is 0 Å². The first-order valence-corrected chi connectivity index (χ1v) is 22.8. The maximum Gasteiger partial charge on any atom is 0.279 e. The molecule has 0 saturated heterocycles. The van der Waals surface area contributed by atoms with Crippen LogP contribution in [0.4, 0.5) is 34.3 Å². The molecule has 0 amide bonds. The Hall–Kier alpha value is -5.03. The van der Waals surface area contributed by atoms with Gasteiger partial charge >= 0.3 is 0 Å². The van der Waals surface area contributed by atoms with Gasteiger partial charge in [0.15, 0.2) is 0 Å². The van der Waals surface area contributed by atoms with Crippen molar-refractivity contribution in [1.82, 2.24) is 4.98 Å². The smallest absolute Gasteiger partial charge is 0.279 e. The van der Waals surface area contributed by atoms with E-state index >= 15 is 0 Å². The molecule has 2 aliphatic heterocycles. The molecule has 0 bridgehead atoms. The topological polar surface area (TPSA) is 32.5 Å². The van der Waals surface area contributed by atoms with Gasteiger partial charge in [0.2, 0.25) is 11.8 Å². The van der Waals surface area contributed by atoms with Crippen LogP contribution >= 0.6 is 0 Å². The van der Waals surface area contributed by atoms with Crippen LogP contribution in [0.3, 0.4) is 0 Å². The molecule has 5 aromatic carbocycles. The standard InChI is InChI=1S/C57H70BN3O/c1-52(2,3)36-21-19-35(20-22-36)42-31-38(54(7,8)9)25-29-44(42)61-47-34-40(56(13,14)15)33-46-48(47)58(49-50(61)62-51(59-49)57(16,17)18)43-32-39(55(10,11)12)26-30-45(43)60(46)41-27-23-37(24-28-41)53(4,5)6/h19-34H,1-18H3. The molecule has 8 rings (SSSR count). The molecule has 2 aliphatic rings. The fourth-order valence-electron chi connectivity index (χ4n) is 9.06. The van der Waals surface area contributed by atoms with Crippen LogP contribution < -0.4 is 26.3 Å². The molecule has 6 aromatic rings. The van der Waals surface area contributed by atoms with E-state index in [2.05, 4.69) is 231 Å². The van der Waals surface area contributed by atoms with Gasteiger partial charge in [-0.2, -0.15) is 0 Å². The predicted molar refractivity (Wildman–Crippen MR) is 268 cm³/mol. The first-order chi connectivity index (χ1) is 28.5. The third-order valence-corrected chi connectivity index (χ3v) is 13.1. The molecule has 0 fully saturated rings. The van der Waals surface area contributed by atoms with Gasteiger partial charge in [-0.15, -0.1) is 0 Å². The highest BCUT2D eigenvalue weighted by atomic mass is 16.4. The monoisotopic (exact) mass is 824 g/mol. The van der Waals surface area contributed by atoms with Gasteiger partial charge in [0.25, 0.3) is 6.71 Å². The molecule has 0 spiro atoms. The van der Waals surface area contributed by atoms with Crippen molar-refractivity contribution in [2.24, 2.45) is 0 Å². The van der Waals surface area contributed by atoms with E-state index in [-0.39, 0.29) is 39.2 Å². The Morgan fingerprint density at radius 1 is 0.419 bits per heavy atom. The molecule has 322 valence electrons. The van der Waals surface area contributed by atoms with Crippen LogP contribution in [0, 0.1) is 0 Å². The number of oxazole rings is 1. The number of anilines is 6. The van der Waals surface area contributed by atoms with Gasteiger partial charge < -0.3 is 9.32 Å². The minimum atomic E-state index is -0.318. The van der Waals surface area contributed by atoms with E-state index in [4.69, 9.17) is 9.40 Å². The molecule has 0 saturated carbocycles. The molecule has 62 heavy (non-hydrogen) atoms. The molecule has 1 aromatic heterocycles. The summed E-state index contributed by atoms with van der Waals surface area (Å²) in [5.74, 6) is 1.55. The summed E-state index contributed by atoms with van der Waals surface area (Å²) in [5.41, 5.74) is 17.6. The SMILES string of the molecule is CC(C)(C)c1ccc(-c2cc(C(C)(C)C)ccc2N2c3cc(C(C)(C)C)cc4c3B(c3cc(C(C)(C)C)ccc3N4c3ccc(C(C)(C)C)cc3)c3nc(C(C)(C)C)oc32)cc1. The minimum Gasteiger partial charge on any atom is -0.424 e. The van der Waals surface area contributed by atoms with E-state index in [0.29, 0.717) is 0 Å². The minimum absolute atomic E-state index is 0.0400. The maximum absolute atomic E-state index is 7.24. The van der Waals surface area contributed by atoms with E-state index in [1.807, 2.05) is 0 Å². The summed E-state index contributed by atoms with van der Waals surface area (Å²) in [4.78, 5) is 10.6. The summed E-state index contributed by atoms with van der Waals surface area (Å²) in [6, 6.07) is 37.7. The Morgan fingerprint density at radius 3 is 1.37 bits per heavy atom. The van der Waals surface area contributed by atoms with Crippen molar-refractivity contribution in [2.75, 3.05) is 9.80 Å². The average Bonchev–Trinajstić information content (AvgIpc) is 3.62. The van der Waals surface area contributed by atoms with Crippen LogP contribution in [0.5, 0.6) is 0 Å². The highest BCUT2D eigenvalue weighted by Gasteiger charge is 2.48. The summed E-state index contributed by atoms with van der Waals surface area (Å²) in [5, 5.41) is 0. The number of nitrogens with zero attached hydrogens (tertiary/aromatic N) is 3. The van der Waals surface area contributed by atoms with Gasteiger partial charge in [-0.1, -0.05) is 179 Å². The second-order valence-electron chi connectivity index (χ2n) is 24.4. The largest absolute Gasteiger partial charge is 0.424 e. The number of rotatable bonds is 3. The average molecular weight is 824 g/mol. The van der Waals surface area contributed by atoms with Gasteiger partial charge in [-0.3, -0.25) is 4.90 Å². The Kier molecular flexibility index (Phi) is 10.0. The van der Waals surface area contributed by atoms with E-state index in [1.165, 1.54) is 61.2 Å². The third-order valence-electron chi connectivity index (χ3n) is 13.1. The lowest BCUT2D eigenvalue weighted by Crippen LogP contribution is -2.62. The van der Waals surface area contributed by atoms with Crippen LogP contribution in [0.1, 0.15) is 158 Å². The lowest BCUT2D eigenvalue weighted by atomic mass is 9.35. The quantitative estimate of drug-likeness (QED) is 0.166. The lowest BCUT2D eigenvalue weighted by molar-refractivity contribution is 0.397. The van der Waals surface area contributed by atoms with Gasteiger partial charge in [0.1, 0.15) is 0 Å². The lowest BCUT2D eigenvalue weighted by Gasteiger charge is -2.43. The summed E-state index contributed by atoms with van der Waals surface area (Å²) in [7, 11) is 0. The zero-order valence-electron chi connectivity index (χ0n) is 41.1. The molecule has 4 nitrogen and oxygen atoms in total. The van der Waals surface area contributed by atoms with E-state index < -0.39 is 0 Å². The zero-order chi connectivity index (χ0) is 45.3. The fourth-order valence-corrected chi connectivity index (χ4v) is 9.06. The molecule has 0 radical (unpaired) electrons. The normalized spacial score (nSPS) is 14.5. The van der Waals surface area contributed by atoms with Crippen LogP contribution in [0.25, 0.3) is 11.1 Å². The van der Waals surface area contributed by atoms with Crippen molar-refractivity contribution in [1.29, 1.82) is 0 Å². The molecular weight excluding hydrogens is 753 g/mol. The van der Waals surface area contributed by atoms with Gasteiger partial charge in [0.05, 0.1) is 11.3 Å². The highest BCUT2D eigenvalue weighted by molar-refractivity contribution is 6.99. The van der Waals surface area contributed by atoms with E-state index in [0.717, 1.165) is 34.4 Å². The second-order valence-corrected chi connectivity index (χ2v) is 24.4. The predicted octanol–water partition coefficient (Wildman–Crippen LogP) is 14.2. The Labute approximate surface area is 374 Å². The number of fused-ring (bicyclic) bond motifs is 4. The van der Waals surface area contributed by atoms with Crippen LogP contribution in [0.2, 0.25) is 0 Å². The van der Waals surface area contributed by atoms with Gasteiger partial charge in [-0.05, 0) is 114 Å². The molecule has 5 heteroatoms. The molecule has 3 heterocycles. The molecule has 0 atom stereocenters. The summed E-state index contributed by atoms with van der Waals surface area (Å²) in [6.45, 7) is 41.1. The molecular formula is C57H70BN3O. The molecule has 0 N–H and O–H groups in total. The Morgan fingerprint density at radius 2 is 0.871 bits per heavy atom. The number of benzene rings is 5. The highest BCUT2D eigenvalue weighted by Crippen LogP contribution is 2.50.